The summed E-state index contributed by atoms with van der Waals surface area (Å²) < 4.78 is 21.7. The Morgan fingerprint density at radius 2 is 1.37 bits per heavy atom. The SMILES string of the molecule is COc1cc2c(cc1OC)C(=O)N1CCc3cc(OC)c(OC)cc3[C@@H]1C2. The molecule has 0 radical (unpaired) electrons. The predicted molar refractivity (Wildman–Crippen MR) is 100 cm³/mol. The first kappa shape index (κ1) is 17.5. The van der Waals surface area contributed by atoms with Gasteiger partial charge in [0.1, 0.15) is 0 Å². The largest absolute Gasteiger partial charge is 0.493 e. The second-order valence-electron chi connectivity index (χ2n) is 6.74. The summed E-state index contributed by atoms with van der Waals surface area (Å²) in [5.74, 6) is 2.65. The molecule has 0 aromatic heterocycles. The van der Waals surface area contributed by atoms with Crippen LogP contribution in [0.3, 0.4) is 0 Å². The molecule has 1 atom stereocenters. The van der Waals surface area contributed by atoms with E-state index in [1.807, 2.05) is 23.1 Å². The number of carbonyl (C=O) groups is 1. The van der Waals surface area contributed by atoms with E-state index in [1.165, 1.54) is 5.56 Å². The fourth-order valence-corrected chi connectivity index (χ4v) is 4.14. The molecule has 0 saturated heterocycles. The molecule has 0 spiro atoms. The van der Waals surface area contributed by atoms with E-state index in [-0.39, 0.29) is 11.9 Å². The van der Waals surface area contributed by atoms with Crippen molar-refractivity contribution in [3.63, 3.8) is 0 Å². The van der Waals surface area contributed by atoms with E-state index >= 15 is 0 Å². The van der Waals surface area contributed by atoms with Gasteiger partial charge in [0.2, 0.25) is 0 Å². The zero-order valence-electron chi connectivity index (χ0n) is 16.0. The van der Waals surface area contributed by atoms with Crippen molar-refractivity contribution in [2.45, 2.75) is 18.9 Å². The van der Waals surface area contributed by atoms with Crippen molar-refractivity contribution in [1.29, 1.82) is 0 Å². The van der Waals surface area contributed by atoms with E-state index in [9.17, 15) is 4.79 Å². The summed E-state index contributed by atoms with van der Waals surface area (Å²) in [5, 5.41) is 0. The Kier molecular flexibility index (Phi) is 4.34. The van der Waals surface area contributed by atoms with Gasteiger partial charge in [-0.25, -0.2) is 0 Å². The van der Waals surface area contributed by atoms with Crippen LogP contribution in [0.2, 0.25) is 0 Å². The van der Waals surface area contributed by atoms with Crippen molar-refractivity contribution < 1.29 is 23.7 Å². The smallest absolute Gasteiger partial charge is 0.254 e. The van der Waals surface area contributed by atoms with Crippen LogP contribution in [0.1, 0.15) is 33.1 Å². The summed E-state index contributed by atoms with van der Waals surface area (Å²) in [5.41, 5.74) is 3.98. The Morgan fingerprint density at radius 3 is 2.00 bits per heavy atom. The molecule has 4 rings (SSSR count). The second kappa shape index (κ2) is 6.68. The summed E-state index contributed by atoms with van der Waals surface area (Å²) in [7, 11) is 6.45. The average molecular weight is 369 g/mol. The Morgan fingerprint density at radius 1 is 0.815 bits per heavy atom. The van der Waals surface area contributed by atoms with E-state index in [0.717, 1.165) is 29.7 Å². The third-order valence-electron chi connectivity index (χ3n) is 5.52. The predicted octanol–water partition coefficient (Wildman–Crippen LogP) is 3.02. The average Bonchev–Trinajstić information content (AvgIpc) is 2.71. The normalized spacial score (nSPS) is 17.6. The molecule has 0 bridgehead atoms. The molecular formula is C21H23NO5. The lowest BCUT2D eigenvalue weighted by Gasteiger charge is -2.41. The third kappa shape index (κ3) is 2.67. The first-order valence-corrected chi connectivity index (χ1v) is 8.92. The molecule has 2 aromatic carbocycles. The van der Waals surface area contributed by atoms with Crippen LogP contribution in [0.25, 0.3) is 0 Å². The molecule has 0 unspecified atom stereocenters. The van der Waals surface area contributed by atoms with Gasteiger partial charge in [0.05, 0.1) is 34.5 Å². The molecule has 0 fully saturated rings. The molecule has 1 amide bonds. The highest BCUT2D eigenvalue weighted by Gasteiger charge is 2.38. The molecule has 142 valence electrons. The van der Waals surface area contributed by atoms with Gasteiger partial charge in [0.25, 0.3) is 5.91 Å². The molecular weight excluding hydrogens is 346 g/mol. The van der Waals surface area contributed by atoms with Crippen molar-refractivity contribution in [3.8, 4) is 23.0 Å². The van der Waals surface area contributed by atoms with Crippen LogP contribution in [0.4, 0.5) is 0 Å². The molecule has 2 aliphatic rings. The van der Waals surface area contributed by atoms with Gasteiger partial charge in [0.15, 0.2) is 23.0 Å². The van der Waals surface area contributed by atoms with Gasteiger partial charge in [-0.3, -0.25) is 4.79 Å². The standard InChI is InChI=1S/C21H23NO5/c1-24-17-8-12-5-6-22-16(14(12)10-19(17)26-3)7-13-9-18(25-2)20(27-4)11-15(13)21(22)23/h8-11,16H,5-7H2,1-4H3/t16-/m0/s1. The van der Waals surface area contributed by atoms with Crippen LogP contribution in [-0.2, 0) is 12.8 Å². The van der Waals surface area contributed by atoms with Crippen LogP contribution < -0.4 is 18.9 Å². The summed E-state index contributed by atoms with van der Waals surface area (Å²) in [6, 6.07) is 7.71. The number of carbonyl (C=O) groups excluding carboxylic acids is 1. The number of benzene rings is 2. The van der Waals surface area contributed by atoms with Gasteiger partial charge in [-0.2, -0.15) is 0 Å². The van der Waals surface area contributed by atoms with Crippen LogP contribution in [0.15, 0.2) is 24.3 Å². The van der Waals surface area contributed by atoms with Crippen LogP contribution >= 0.6 is 0 Å². The number of fused-ring (bicyclic) bond motifs is 4. The highest BCUT2D eigenvalue weighted by molar-refractivity contribution is 5.98. The Bertz CT molecular complexity index is 908. The van der Waals surface area contributed by atoms with Crippen molar-refractivity contribution in [1.82, 2.24) is 4.90 Å². The quantitative estimate of drug-likeness (QED) is 0.829. The zero-order chi connectivity index (χ0) is 19.1. The summed E-state index contributed by atoms with van der Waals surface area (Å²) in [4.78, 5) is 15.1. The van der Waals surface area contributed by atoms with Gasteiger partial charge < -0.3 is 23.8 Å². The second-order valence-corrected chi connectivity index (χ2v) is 6.74. The molecule has 2 aliphatic heterocycles. The highest BCUT2D eigenvalue weighted by Crippen LogP contribution is 2.44. The van der Waals surface area contributed by atoms with E-state index in [0.29, 0.717) is 29.4 Å². The van der Waals surface area contributed by atoms with Crippen LogP contribution in [-0.4, -0.2) is 45.8 Å². The van der Waals surface area contributed by atoms with Gasteiger partial charge >= 0.3 is 0 Å². The first-order valence-electron chi connectivity index (χ1n) is 8.92. The highest BCUT2D eigenvalue weighted by atomic mass is 16.5. The topological polar surface area (TPSA) is 57.2 Å². The number of methoxy groups -OCH3 is 4. The van der Waals surface area contributed by atoms with Gasteiger partial charge in [-0.1, -0.05) is 0 Å². The fourth-order valence-electron chi connectivity index (χ4n) is 4.14. The molecule has 27 heavy (non-hydrogen) atoms. The first-order chi connectivity index (χ1) is 13.1. The van der Waals surface area contributed by atoms with Crippen molar-refractivity contribution in [2.24, 2.45) is 0 Å². The van der Waals surface area contributed by atoms with E-state index in [4.69, 9.17) is 18.9 Å². The molecule has 0 saturated carbocycles. The van der Waals surface area contributed by atoms with Crippen molar-refractivity contribution >= 4 is 5.91 Å². The van der Waals surface area contributed by atoms with E-state index in [2.05, 4.69) is 0 Å². The zero-order valence-corrected chi connectivity index (χ0v) is 16.0. The summed E-state index contributed by atoms with van der Waals surface area (Å²) in [6.07, 6.45) is 1.52. The van der Waals surface area contributed by atoms with Crippen LogP contribution in [0.5, 0.6) is 23.0 Å². The lowest BCUT2D eigenvalue weighted by molar-refractivity contribution is 0.0630. The van der Waals surface area contributed by atoms with Crippen molar-refractivity contribution in [3.05, 3.63) is 46.5 Å². The van der Waals surface area contributed by atoms with Crippen LogP contribution in [0, 0.1) is 0 Å². The lowest BCUT2D eigenvalue weighted by atomic mass is 9.83. The van der Waals surface area contributed by atoms with Crippen molar-refractivity contribution in [2.75, 3.05) is 35.0 Å². The van der Waals surface area contributed by atoms with E-state index in [1.54, 1.807) is 34.5 Å². The Hall–Kier alpha value is -2.89. The number of rotatable bonds is 4. The Labute approximate surface area is 158 Å². The molecule has 0 N–H and O–H groups in total. The maximum atomic E-state index is 13.2. The molecule has 2 heterocycles. The summed E-state index contributed by atoms with van der Waals surface area (Å²) in [6.45, 7) is 0.680. The maximum absolute atomic E-state index is 13.2. The maximum Gasteiger partial charge on any atom is 0.254 e. The fraction of sp³-hybridized carbons (Fsp3) is 0.381. The number of hydrogen-bond acceptors (Lipinski definition) is 5. The van der Waals surface area contributed by atoms with Gasteiger partial charge in [-0.05, 0) is 53.8 Å². The molecule has 6 heteroatoms. The monoisotopic (exact) mass is 369 g/mol. The summed E-state index contributed by atoms with van der Waals surface area (Å²) >= 11 is 0. The molecule has 0 aliphatic carbocycles. The molecule has 2 aromatic rings. The van der Waals surface area contributed by atoms with Gasteiger partial charge in [-0.15, -0.1) is 0 Å². The van der Waals surface area contributed by atoms with Gasteiger partial charge in [0, 0.05) is 12.1 Å². The number of hydrogen-bond donors (Lipinski definition) is 0. The number of ether oxygens (including phenoxy) is 4. The molecule has 6 nitrogen and oxygen atoms in total. The third-order valence-corrected chi connectivity index (χ3v) is 5.52. The minimum absolute atomic E-state index is 0.0216. The number of nitrogens with zero attached hydrogens (tertiary/aromatic N) is 1. The Balaban J connectivity index is 1.81. The minimum atomic E-state index is -0.0216. The minimum Gasteiger partial charge on any atom is -0.493 e. The number of amides is 1. The van der Waals surface area contributed by atoms with E-state index < -0.39 is 0 Å². The lowest BCUT2D eigenvalue weighted by Crippen LogP contribution is -2.44.